The van der Waals surface area contributed by atoms with Crippen LogP contribution in [0.5, 0.6) is 0 Å². The molecule has 2 N–H and O–H groups in total. The van der Waals surface area contributed by atoms with Crippen LogP contribution in [0, 0.1) is 0 Å². The van der Waals surface area contributed by atoms with Crippen molar-refractivity contribution in [3.05, 3.63) is 54.6 Å². The molecule has 0 radical (unpaired) electrons. The molecule has 0 amide bonds. The van der Waals surface area contributed by atoms with Crippen LogP contribution >= 0.6 is 0 Å². The van der Waals surface area contributed by atoms with E-state index in [0.29, 0.717) is 5.46 Å². The van der Waals surface area contributed by atoms with Crippen LogP contribution in [0.3, 0.4) is 0 Å². The van der Waals surface area contributed by atoms with E-state index in [9.17, 15) is 10.0 Å². The van der Waals surface area contributed by atoms with Crippen molar-refractivity contribution in [2.24, 2.45) is 0 Å². The molecule has 0 aliphatic carbocycles. The number of hydrogen-bond acceptors (Lipinski definition) is 2. The van der Waals surface area contributed by atoms with E-state index in [0.717, 1.165) is 11.1 Å². The van der Waals surface area contributed by atoms with Gasteiger partial charge in [0.25, 0.3) is 0 Å². The summed E-state index contributed by atoms with van der Waals surface area (Å²) in [6, 6.07) is 16.9. The van der Waals surface area contributed by atoms with Gasteiger partial charge in [-0.3, -0.25) is 0 Å². The predicted molar refractivity (Wildman–Crippen MR) is 73.2 cm³/mol. The third-order valence-electron chi connectivity index (χ3n) is 2.32. The van der Waals surface area contributed by atoms with Gasteiger partial charge in [0.2, 0.25) is 0 Å². The van der Waals surface area contributed by atoms with Crippen LogP contribution in [0.1, 0.15) is 0 Å². The van der Waals surface area contributed by atoms with Crippen molar-refractivity contribution >= 4 is 58.7 Å². The molecule has 2 nitrogen and oxygen atoms in total. The van der Waals surface area contributed by atoms with E-state index in [-0.39, 0.29) is 95.7 Å². The van der Waals surface area contributed by atoms with Gasteiger partial charge in [0, 0.05) is 0 Å². The van der Waals surface area contributed by atoms with E-state index < -0.39 is 7.12 Å². The molecule has 0 saturated carbocycles. The van der Waals surface area contributed by atoms with E-state index in [1.807, 2.05) is 42.5 Å². The molecule has 0 fully saturated rings. The van der Waals surface area contributed by atoms with Crippen molar-refractivity contribution in [1.82, 2.24) is 0 Å². The quantitative estimate of drug-likeness (QED) is 0.502. The van der Waals surface area contributed by atoms with Gasteiger partial charge in [-0.1, -0.05) is 54.6 Å². The summed E-state index contributed by atoms with van der Waals surface area (Å²) in [5.74, 6) is 0. The first-order chi connectivity index (χ1) is 7.29. The number of rotatable bonds is 2. The maximum Gasteiger partial charge on any atom is 2.00 e. The van der Waals surface area contributed by atoms with Gasteiger partial charge < -0.3 is 59.7 Å². The van der Waals surface area contributed by atoms with Crippen molar-refractivity contribution in [2.75, 3.05) is 0 Å². The Labute approximate surface area is 182 Å². The van der Waals surface area contributed by atoms with Crippen molar-refractivity contribution < 1.29 is 59.7 Å². The standard InChI is InChI=1S/C12H11BO2.4ClH.2Mg/c14-13(15)12-9-5-4-8-11(12)10-6-2-1-3-7-10;;;;;;/h1-9,14-15H;4*1H;;/q;;;;;2*+2/p-4. The van der Waals surface area contributed by atoms with Crippen molar-refractivity contribution in [2.45, 2.75) is 0 Å². The Morgan fingerprint density at radius 1 is 0.619 bits per heavy atom. The molecule has 0 spiro atoms. The van der Waals surface area contributed by atoms with Gasteiger partial charge in [0.1, 0.15) is 0 Å². The molecule has 0 aliphatic heterocycles. The second-order valence-electron chi connectivity index (χ2n) is 3.33. The molecule has 0 bridgehead atoms. The molecule has 0 aliphatic rings. The van der Waals surface area contributed by atoms with Crippen LogP contribution in [-0.2, 0) is 0 Å². The van der Waals surface area contributed by atoms with Crippen LogP contribution in [0.15, 0.2) is 54.6 Å². The summed E-state index contributed by atoms with van der Waals surface area (Å²) in [5, 5.41) is 18.4. The Hall–Kier alpha value is 1.12. The number of halogens is 4. The topological polar surface area (TPSA) is 40.5 Å². The third kappa shape index (κ3) is 9.76. The molecular weight excluding hydrogens is 377 g/mol. The zero-order valence-electron chi connectivity index (χ0n) is 11.1. The van der Waals surface area contributed by atoms with E-state index in [1.54, 1.807) is 12.1 Å². The minimum atomic E-state index is -1.43. The second-order valence-corrected chi connectivity index (χ2v) is 3.33. The van der Waals surface area contributed by atoms with Crippen LogP contribution in [-0.4, -0.2) is 63.3 Å². The third-order valence-corrected chi connectivity index (χ3v) is 2.32. The maximum absolute atomic E-state index is 9.22. The molecule has 0 heterocycles. The van der Waals surface area contributed by atoms with E-state index in [2.05, 4.69) is 0 Å². The van der Waals surface area contributed by atoms with Crippen LogP contribution in [0.25, 0.3) is 11.1 Å². The Morgan fingerprint density at radius 3 is 1.52 bits per heavy atom. The van der Waals surface area contributed by atoms with Crippen LogP contribution in [0.4, 0.5) is 0 Å². The van der Waals surface area contributed by atoms with Gasteiger partial charge in [-0.15, -0.1) is 0 Å². The Morgan fingerprint density at radius 2 is 1.05 bits per heavy atom. The molecule has 2 aromatic carbocycles. The van der Waals surface area contributed by atoms with E-state index in [1.165, 1.54) is 0 Å². The summed E-state index contributed by atoms with van der Waals surface area (Å²) >= 11 is 0. The smallest absolute Gasteiger partial charge is 1.00 e. The van der Waals surface area contributed by atoms with Gasteiger partial charge >= 0.3 is 53.2 Å². The predicted octanol–water partition coefficient (Wildman–Crippen LogP) is -11.7. The maximum atomic E-state index is 9.22. The Balaban J connectivity index is -0.000000142. The largest absolute Gasteiger partial charge is 2.00 e. The van der Waals surface area contributed by atoms with Gasteiger partial charge in [-0.05, 0) is 16.6 Å². The van der Waals surface area contributed by atoms with Crippen LogP contribution < -0.4 is 55.1 Å². The SMILES string of the molecule is OB(O)c1ccccc1-c1ccccc1.[Cl-].[Cl-].[Cl-].[Cl-].[Mg+2].[Mg+2]. The van der Waals surface area contributed by atoms with Gasteiger partial charge in [-0.2, -0.15) is 0 Å². The summed E-state index contributed by atoms with van der Waals surface area (Å²) in [4.78, 5) is 0. The summed E-state index contributed by atoms with van der Waals surface area (Å²) < 4.78 is 0. The first-order valence-electron chi connectivity index (χ1n) is 4.79. The first-order valence-corrected chi connectivity index (χ1v) is 4.79. The van der Waals surface area contributed by atoms with Crippen LogP contribution in [0.2, 0.25) is 0 Å². The monoisotopic (exact) mass is 386 g/mol. The molecule has 2 aromatic rings. The fourth-order valence-electron chi connectivity index (χ4n) is 1.60. The minimum absolute atomic E-state index is 0. The average molecular weight is 388 g/mol. The number of hydrogen-bond donors (Lipinski definition) is 2. The Kier molecular flexibility index (Phi) is 28.0. The fourth-order valence-corrected chi connectivity index (χ4v) is 1.60. The van der Waals surface area contributed by atoms with E-state index >= 15 is 0 Å². The zero-order chi connectivity index (χ0) is 10.7. The molecule has 0 atom stereocenters. The normalized spacial score (nSPS) is 7.14. The first kappa shape index (κ1) is 33.7. The average Bonchev–Trinajstić information content (AvgIpc) is 2.30. The minimum Gasteiger partial charge on any atom is -1.00 e. The zero-order valence-corrected chi connectivity index (χ0v) is 16.9. The van der Waals surface area contributed by atoms with Gasteiger partial charge in [0.15, 0.2) is 0 Å². The molecule has 0 unspecified atom stereocenters. The number of benzene rings is 2. The molecule has 0 saturated heterocycles. The molecule has 2 rings (SSSR count). The Bertz CT molecular complexity index is 464. The molecule has 9 heteroatoms. The van der Waals surface area contributed by atoms with Gasteiger partial charge in [0.05, 0.1) is 0 Å². The summed E-state index contributed by atoms with van der Waals surface area (Å²) in [6.07, 6.45) is 0. The second kappa shape index (κ2) is 17.5. The molecule has 106 valence electrons. The molecule has 0 aromatic heterocycles. The fraction of sp³-hybridized carbons (Fsp3) is 0. The molecule has 21 heavy (non-hydrogen) atoms. The summed E-state index contributed by atoms with van der Waals surface area (Å²) in [6.45, 7) is 0. The molecular formula is C12H11BCl4Mg2O2. The van der Waals surface area contributed by atoms with Gasteiger partial charge in [-0.25, -0.2) is 0 Å². The van der Waals surface area contributed by atoms with Crippen molar-refractivity contribution in [3.63, 3.8) is 0 Å². The van der Waals surface area contributed by atoms with Crippen molar-refractivity contribution in [3.8, 4) is 11.1 Å². The van der Waals surface area contributed by atoms with E-state index in [4.69, 9.17) is 0 Å². The van der Waals surface area contributed by atoms with Crippen molar-refractivity contribution in [1.29, 1.82) is 0 Å². The summed E-state index contributed by atoms with van der Waals surface area (Å²) in [7, 11) is -1.43. The summed E-state index contributed by atoms with van der Waals surface area (Å²) in [5.41, 5.74) is 2.37.